The number of nitrogens with two attached hydrogens (primary N) is 2. The van der Waals surface area contributed by atoms with Crippen LogP contribution in [0.1, 0.15) is 23.6 Å². The Bertz CT molecular complexity index is 991. The standard InChI is InChI=1S/C24H27ClFN3O/c1-15-7-9-19(29-12-11-27)22(23(15)26)21-17-13-24(14-28,16-5-3-2-4-6-16)30-20(17)10-8-18(21)25/h2-10,15,23,29H,11-14,27-28H2,1H3/t15?,23?,24-/m1/s1. The largest absolute Gasteiger partial charge is 0.481 e. The third-order valence-corrected chi connectivity index (χ3v) is 6.25. The van der Waals surface area contributed by atoms with Gasteiger partial charge in [0.05, 0.1) is 0 Å². The molecule has 2 unspecified atom stereocenters. The highest BCUT2D eigenvalue weighted by Gasteiger charge is 2.43. The fourth-order valence-electron chi connectivity index (χ4n) is 4.31. The van der Waals surface area contributed by atoms with Crippen LogP contribution in [0.15, 0.2) is 60.3 Å². The molecular weight excluding hydrogens is 401 g/mol. The zero-order chi connectivity index (χ0) is 21.3. The maximum absolute atomic E-state index is 15.5. The zero-order valence-corrected chi connectivity index (χ0v) is 17.8. The Morgan fingerprint density at radius 3 is 2.67 bits per heavy atom. The lowest BCUT2D eigenvalue weighted by molar-refractivity contribution is 0.103. The molecule has 5 N–H and O–H groups in total. The lowest BCUT2D eigenvalue weighted by atomic mass is 9.82. The number of rotatable bonds is 6. The van der Waals surface area contributed by atoms with Gasteiger partial charge in [0.15, 0.2) is 5.60 Å². The van der Waals surface area contributed by atoms with Gasteiger partial charge in [0.2, 0.25) is 0 Å². The lowest BCUT2D eigenvalue weighted by Gasteiger charge is -2.28. The zero-order valence-electron chi connectivity index (χ0n) is 17.0. The van der Waals surface area contributed by atoms with E-state index in [2.05, 4.69) is 5.32 Å². The topological polar surface area (TPSA) is 73.3 Å². The second-order valence-electron chi connectivity index (χ2n) is 7.91. The van der Waals surface area contributed by atoms with Crippen molar-refractivity contribution >= 4 is 17.2 Å². The number of hydrogen-bond donors (Lipinski definition) is 3. The summed E-state index contributed by atoms with van der Waals surface area (Å²) in [6.45, 7) is 3.16. The van der Waals surface area contributed by atoms with Crippen LogP contribution in [-0.4, -0.2) is 25.8 Å². The van der Waals surface area contributed by atoms with E-state index in [1.807, 2.05) is 55.5 Å². The van der Waals surface area contributed by atoms with Crippen molar-refractivity contribution in [2.24, 2.45) is 17.4 Å². The first kappa shape index (κ1) is 20.9. The Hall–Kier alpha value is -2.34. The lowest BCUT2D eigenvalue weighted by Crippen LogP contribution is -2.39. The van der Waals surface area contributed by atoms with Crippen LogP contribution in [0.2, 0.25) is 5.02 Å². The van der Waals surface area contributed by atoms with E-state index in [1.165, 1.54) is 0 Å². The minimum atomic E-state index is -1.19. The Kier molecular flexibility index (Phi) is 5.87. The predicted molar refractivity (Wildman–Crippen MR) is 120 cm³/mol. The Balaban J connectivity index is 1.86. The number of benzene rings is 2. The van der Waals surface area contributed by atoms with Gasteiger partial charge in [-0.1, -0.05) is 54.9 Å². The SMILES string of the molecule is CC1C=CC(NCCN)=C(c2c(Cl)ccc3c2C[C@@](CN)(c2ccccc2)O3)C1F. The molecule has 30 heavy (non-hydrogen) atoms. The van der Waals surface area contributed by atoms with E-state index in [0.29, 0.717) is 53.7 Å². The monoisotopic (exact) mass is 427 g/mol. The van der Waals surface area contributed by atoms with Crippen LogP contribution in [0.25, 0.3) is 5.57 Å². The van der Waals surface area contributed by atoms with Crippen molar-refractivity contribution < 1.29 is 9.13 Å². The highest BCUT2D eigenvalue weighted by Crippen LogP contribution is 2.48. The van der Waals surface area contributed by atoms with Gasteiger partial charge in [-0.2, -0.15) is 0 Å². The first-order chi connectivity index (χ1) is 14.5. The summed E-state index contributed by atoms with van der Waals surface area (Å²) < 4.78 is 22.0. The summed E-state index contributed by atoms with van der Waals surface area (Å²) >= 11 is 6.67. The second kappa shape index (κ2) is 8.42. The molecule has 2 aromatic carbocycles. The van der Waals surface area contributed by atoms with Crippen LogP contribution >= 0.6 is 11.6 Å². The van der Waals surface area contributed by atoms with E-state index in [9.17, 15) is 0 Å². The Morgan fingerprint density at radius 2 is 1.97 bits per heavy atom. The first-order valence-corrected chi connectivity index (χ1v) is 10.7. The van der Waals surface area contributed by atoms with Crippen molar-refractivity contribution in [2.45, 2.75) is 25.1 Å². The fourth-order valence-corrected chi connectivity index (χ4v) is 4.59. The van der Waals surface area contributed by atoms with Crippen molar-refractivity contribution in [3.05, 3.63) is 82.0 Å². The molecule has 2 aromatic rings. The molecule has 1 aliphatic carbocycles. The molecular formula is C24H27ClFN3O. The van der Waals surface area contributed by atoms with Gasteiger partial charge in [-0.05, 0) is 23.8 Å². The van der Waals surface area contributed by atoms with Crippen LogP contribution in [-0.2, 0) is 12.0 Å². The molecule has 0 amide bonds. The molecule has 0 saturated carbocycles. The maximum Gasteiger partial charge on any atom is 0.150 e. The molecule has 1 heterocycles. The smallest absolute Gasteiger partial charge is 0.150 e. The molecule has 0 bridgehead atoms. The molecule has 0 spiro atoms. The summed E-state index contributed by atoms with van der Waals surface area (Å²) in [4.78, 5) is 0. The van der Waals surface area contributed by atoms with Gasteiger partial charge in [0.1, 0.15) is 11.9 Å². The first-order valence-electron chi connectivity index (χ1n) is 10.3. The van der Waals surface area contributed by atoms with Crippen LogP contribution in [0, 0.1) is 5.92 Å². The maximum atomic E-state index is 15.5. The van der Waals surface area contributed by atoms with Crippen LogP contribution < -0.4 is 21.5 Å². The minimum Gasteiger partial charge on any atom is -0.481 e. The van der Waals surface area contributed by atoms with E-state index in [0.717, 1.165) is 11.1 Å². The number of halogens is 2. The number of allylic oxidation sites excluding steroid dienone is 3. The molecule has 4 rings (SSSR count). The second-order valence-corrected chi connectivity index (χ2v) is 8.31. The van der Waals surface area contributed by atoms with Gasteiger partial charge in [-0.15, -0.1) is 0 Å². The number of fused-ring (bicyclic) bond motifs is 1. The van der Waals surface area contributed by atoms with E-state index < -0.39 is 11.8 Å². The van der Waals surface area contributed by atoms with Gasteiger partial charge < -0.3 is 21.5 Å². The molecule has 4 nitrogen and oxygen atoms in total. The average Bonchev–Trinajstić information content (AvgIpc) is 3.16. The summed E-state index contributed by atoms with van der Waals surface area (Å²) in [7, 11) is 0. The fraction of sp³-hybridized carbons (Fsp3) is 0.333. The van der Waals surface area contributed by atoms with Gasteiger partial charge >= 0.3 is 0 Å². The predicted octanol–water partition coefficient (Wildman–Crippen LogP) is 3.93. The van der Waals surface area contributed by atoms with Crippen molar-refractivity contribution in [1.82, 2.24) is 5.32 Å². The minimum absolute atomic E-state index is 0.258. The normalized spacial score (nSPS) is 25.2. The molecule has 158 valence electrons. The van der Waals surface area contributed by atoms with Crippen LogP contribution in [0.3, 0.4) is 0 Å². The summed E-state index contributed by atoms with van der Waals surface area (Å²) in [6.07, 6.45) is 3.13. The number of nitrogens with one attached hydrogen (secondary N) is 1. The summed E-state index contributed by atoms with van der Waals surface area (Å²) in [6, 6.07) is 13.5. The van der Waals surface area contributed by atoms with E-state index in [4.69, 9.17) is 27.8 Å². The van der Waals surface area contributed by atoms with Gasteiger partial charge in [0.25, 0.3) is 0 Å². The van der Waals surface area contributed by atoms with E-state index in [1.54, 1.807) is 6.07 Å². The van der Waals surface area contributed by atoms with Gasteiger partial charge in [-0.3, -0.25) is 0 Å². The molecule has 0 saturated heterocycles. The van der Waals surface area contributed by atoms with Crippen LogP contribution in [0.4, 0.5) is 4.39 Å². The molecule has 6 heteroatoms. The molecule has 3 atom stereocenters. The molecule has 1 aliphatic heterocycles. The summed E-state index contributed by atoms with van der Waals surface area (Å²) in [5.74, 6) is 0.440. The highest BCUT2D eigenvalue weighted by molar-refractivity contribution is 6.32. The summed E-state index contributed by atoms with van der Waals surface area (Å²) in [5.41, 5.74) is 15.0. The Labute approximate surface area is 181 Å². The van der Waals surface area contributed by atoms with Crippen molar-refractivity contribution in [3.63, 3.8) is 0 Å². The molecule has 0 aromatic heterocycles. The van der Waals surface area contributed by atoms with Crippen LogP contribution in [0.5, 0.6) is 5.75 Å². The number of ether oxygens (including phenoxy) is 1. The van der Waals surface area contributed by atoms with Gasteiger partial charge in [0, 0.05) is 59.4 Å². The molecule has 0 fully saturated rings. The quantitative estimate of drug-likeness (QED) is 0.653. The number of alkyl halides is 1. The van der Waals surface area contributed by atoms with Crippen molar-refractivity contribution in [1.29, 1.82) is 0 Å². The molecule has 2 aliphatic rings. The number of hydrogen-bond acceptors (Lipinski definition) is 4. The third kappa shape index (κ3) is 3.51. The summed E-state index contributed by atoms with van der Waals surface area (Å²) in [5, 5.41) is 3.76. The van der Waals surface area contributed by atoms with Crippen molar-refractivity contribution in [3.8, 4) is 5.75 Å². The third-order valence-electron chi connectivity index (χ3n) is 5.94. The molecule has 0 radical (unpaired) electrons. The van der Waals surface area contributed by atoms with Gasteiger partial charge in [-0.25, -0.2) is 4.39 Å². The van der Waals surface area contributed by atoms with E-state index in [-0.39, 0.29) is 5.92 Å². The van der Waals surface area contributed by atoms with Crippen molar-refractivity contribution in [2.75, 3.05) is 19.6 Å². The van der Waals surface area contributed by atoms with E-state index >= 15 is 4.39 Å². The Morgan fingerprint density at radius 1 is 1.20 bits per heavy atom. The highest BCUT2D eigenvalue weighted by atomic mass is 35.5. The average molecular weight is 428 g/mol.